The van der Waals surface area contributed by atoms with Crippen LogP contribution in [0.15, 0.2) is 27.7 Å². The lowest BCUT2D eigenvalue weighted by molar-refractivity contribution is 0.0692. The molecule has 0 aliphatic heterocycles. The minimum absolute atomic E-state index is 0.170. The minimum atomic E-state index is -0.997. The summed E-state index contributed by atoms with van der Waals surface area (Å²) in [5, 5.41) is 18.2. The van der Waals surface area contributed by atoms with Gasteiger partial charge in [-0.1, -0.05) is 11.3 Å². The number of aromatic carboxylic acids is 1. The maximum atomic E-state index is 11.0. The van der Waals surface area contributed by atoms with Crippen LogP contribution in [0.3, 0.4) is 0 Å². The molecule has 18 heavy (non-hydrogen) atoms. The highest BCUT2D eigenvalue weighted by atomic mass is 32.2. The maximum absolute atomic E-state index is 11.0. The Morgan fingerprint density at radius 2 is 2.22 bits per heavy atom. The first-order valence-electron chi connectivity index (χ1n) is 4.95. The van der Waals surface area contributed by atoms with Crippen molar-refractivity contribution in [2.75, 3.05) is 19.0 Å². The molecule has 0 atom stereocenters. The Morgan fingerprint density at radius 3 is 2.83 bits per heavy atom. The molecule has 8 heteroatoms. The standard InChI is InChI=1S/C10H10N4O2S2/c1-14(2)9-12-13-10(18-9)17-7-6(8(15)16)4-3-5-11-7/h3-5H,1-2H3,(H,15,16). The largest absolute Gasteiger partial charge is 0.478 e. The Bertz CT molecular complexity index is 571. The lowest BCUT2D eigenvalue weighted by atomic mass is 10.3. The summed E-state index contributed by atoms with van der Waals surface area (Å²) in [5.41, 5.74) is 0.170. The molecule has 2 heterocycles. The van der Waals surface area contributed by atoms with Gasteiger partial charge in [0.25, 0.3) is 0 Å². The Kier molecular flexibility index (Phi) is 3.78. The van der Waals surface area contributed by atoms with Crippen LogP contribution in [0, 0.1) is 0 Å². The van der Waals surface area contributed by atoms with Gasteiger partial charge >= 0.3 is 5.97 Å². The van der Waals surface area contributed by atoms with Crippen LogP contribution in [-0.2, 0) is 0 Å². The van der Waals surface area contributed by atoms with Crippen LogP contribution < -0.4 is 4.90 Å². The lowest BCUT2D eigenvalue weighted by Crippen LogP contribution is -2.07. The highest BCUT2D eigenvalue weighted by Crippen LogP contribution is 2.33. The monoisotopic (exact) mass is 282 g/mol. The van der Waals surface area contributed by atoms with Gasteiger partial charge < -0.3 is 10.0 Å². The van der Waals surface area contributed by atoms with Gasteiger partial charge in [-0.25, -0.2) is 9.78 Å². The second kappa shape index (κ2) is 5.32. The van der Waals surface area contributed by atoms with Crippen LogP contribution in [0.25, 0.3) is 0 Å². The van der Waals surface area contributed by atoms with E-state index in [9.17, 15) is 4.79 Å². The molecule has 0 aliphatic carbocycles. The van der Waals surface area contributed by atoms with Gasteiger partial charge in [-0.15, -0.1) is 10.2 Å². The van der Waals surface area contributed by atoms with E-state index in [0.29, 0.717) is 9.37 Å². The number of anilines is 1. The summed E-state index contributed by atoms with van der Waals surface area (Å²) in [4.78, 5) is 16.9. The molecular weight excluding hydrogens is 272 g/mol. The van der Waals surface area contributed by atoms with E-state index in [-0.39, 0.29) is 5.56 Å². The topological polar surface area (TPSA) is 79.2 Å². The highest BCUT2D eigenvalue weighted by molar-refractivity contribution is 8.01. The van der Waals surface area contributed by atoms with Crippen molar-refractivity contribution in [1.29, 1.82) is 0 Å². The van der Waals surface area contributed by atoms with Gasteiger partial charge in [-0.2, -0.15) is 0 Å². The number of carboxylic acid groups (broad SMARTS) is 1. The van der Waals surface area contributed by atoms with Gasteiger partial charge in [-0.05, 0) is 23.9 Å². The normalized spacial score (nSPS) is 10.3. The van der Waals surface area contributed by atoms with Crippen molar-refractivity contribution >= 4 is 34.2 Å². The Hall–Kier alpha value is -1.67. The number of carbonyl (C=O) groups is 1. The minimum Gasteiger partial charge on any atom is -0.478 e. The Morgan fingerprint density at radius 1 is 1.44 bits per heavy atom. The third-order valence-corrected chi connectivity index (χ3v) is 4.12. The van der Waals surface area contributed by atoms with Crippen molar-refractivity contribution in [1.82, 2.24) is 15.2 Å². The second-order valence-corrected chi connectivity index (χ2v) is 5.70. The molecule has 0 fully saturated rings. The number of hydrogen-bond donors (Lipinski definition) is 1. The molecule has 0 aromatic carbocycles. The van der Waals surface area contributed by atoms with Gasteiger partial charge in [-0.3, -0.25) is 0 Å². The summed E-state index contributed by atoms with van der Waals surface area (Å²) in [6, 6.07) is 3.12. The van der Waals surface area contributed by atoms with E-state index in [1.165, 1.54) is 29.2 Å². The summed E-state index contributed by atoms with van der Waals surface area (Å²) in [6.07, 6.45) is 1.56. The third kappa shape index (κ3) is 2.77. The van der Waals surface area contributed by atoms with Crippen molar-refractivity contribution < 1.29 is 9.90 Å². The number of pyridine rings is 1. The predicted molar refractivity (Wildman–Crippen MR) is 69.6 cm³/mol. The fraction of sp³-hybridized carbons (Fsp3) is 0.200. The van der Waals surface area contributed by atoms with E-state index in [1.54, 1.807) is 12.3 Å². The van der Waals surface area contributed by atoms with Crippen LogP contribution in [0.1, 0.15) is 10.4 Å². The smallest absolute Gasteiger partial charge is 0.338 e. The number of nitrogens with zero attached hydrogens (tertiary/aromatic N) is 4. The van der Waals surface area contributed by atoms with E-state index < -0.39 is 5.97 Å². The zero-order valence-corrected chi connectivity index (χ0v) is 11.3. The quantitative estimate of drug-likeness (QED) is 0.916. The van der Waals surface area contributed by atoms with Crippen molar-refractivity contribution in [3.8, 4) is 0 Å². The molecule has 0 bridgehead atoms. The summed E-state index contributed by atoms with van der Waals surface area (Å²) < 4.78 is 0.667. The average molecular weight is 282 g/mol. The Labute approximate surface area is 112 Å². The van der Waals surface area contributed by atoms with E-state index in [2.05, 4.69) is 15.2 Å². The fourth-order valence-corrected chi connectivity index (χ4v) is 2.90. The number of carboxylic acids is 1. The molecule has 0 saturated carbocycles. The molecule has 2 aromatic rings. The van der Waals surface area contributed by atoms with Crippen molar-refractivity contribution in [2.45, 2.75) is 9.37 Å². The summed E-state index contributed by atoms with van der Waals surface area (Å²) in [7, 11) is 3.75. The highest BCUT2D eigenvalue weighted by Gasteiger charge is 2.14. The fourth-order valence-electron chi connectivity index (χ4n) is 1.14. The van der Waals surface area contributed by atoms with Crippen molar-refractivity contribution in [3.05, 3.63) is 23.9 Å². The van der Waals surface area contributed by atoms with Crippen molar-refractivity contribution in [2.24, 2.45) is 0 Å². The third-order valence-electron chi connectivity index (χ3n) is 1.96. The number of aromatic nitrogens is 3. The molecular formula is C10H10N4O2S2. The van der Waals surface area contributed by atoms with Crippen LogP contribution >= 0.6 is 23.1 Å². The molecule has 0 saturated heterocycles. The lowest BCUT2D eigenvalue weighted by Gasteiger charge is -2.04. The van der Waals surface area contributed by atoms with E-state index in [4.69, 9.17) is 5.11 Å². The van der Waals surface area contributed by atoms with Crippen LogP contribution in [0.4, 0.5) is 5.13 Å². The summed E-state index contributed by atoms with van der Waals surface area (Å²) in [5.74, 6) is -0.997. The zero-order chi connectivity index (χ0) is 13.1. The van der Waals surface area contributed by atoms with Crippen LogP contribution in [0.5, 0.6) is 0 Å². The number of rotatable bonds is 4. The summed E-state index contributed by atoms with van der Waals surface area (Å²) >= 11 is 2.60. The van der Waals surface area contributed by atoms with Gasteiger partial charge in [0.15, 0.2) is 4.34 Å². The van der Waals surface area contributed by atoms with Crippen LogP contribution in [-0.4, -0.2) is 40.4 Å². The molecule has 0 unspecified atom stereocenters. The van der Waals surface area contributed by atoms with Gasteiger partial charge in [0.1, 0.15) is 5.03 Å². The first kappa shape index (κ1) is 12.8. The summed E-state index contributed by atoms with van der Waals surface area (Å²) in [6.45, 7) is 0. The van der Waals surface area contributed by atoms with Gasteiger partial charge in [0.2, 0.25) is 5.13 Å². The SMILES string of the molecule is CN(C)c1nnc(Sc2ncccc2C(=O)O)s1. The Balaban J connectivity index is 2.25. The zero-order valence-electron chi connectivity index (χ0n) is 9.69. The van der Waals surface area contributed by atoms with E-state index in [0.717, 1.165) is 5.13 Å². The van der Waals surface area contributed by atoms with E-state index in [1.807, 2.05) is 19.0 Å². The number of hydrogen-bond acceptors (Lipinski definition) is 7. The van der Waals surface area contributed by atoms with Crippen LogP contribution in [0.2, 0.25) is 0 Å². The predicted octanol–water partition coefficient (Wildman–Crippen LogP) is 1.85. The van der Waals surface area contributed by atoms with Gasteiger partial charge in [0.05, 0.1) is 5.56 Å². The van der Waals surface area contributed by atoms with Crippen molar-refractivity contribution in [3.63, 3.8) is 0 Å². The average Bonchev–Trinajstić information content (AvgIpc) is 2.78. The molecule has 1 N–H and O–H groups in total. The second-order valence-electron chi connectivity index (χ2n) is 3.51. The molecule has 2 rings (SSSR count). The molecule has 94 valence electrons. The van der Waals surface area contributed by atoms with Gasteiger partial charge in [0, 0.05) is 20.3 Å². The molecule has 0 aliphatic rings. The molecule has 2 aromatic heterocycles. The maximum Gasteiger partial charge on any atom is 0.338 e. The van der Waals surface area contributed by atoms with E-state index >= 15 is 0 Å². The molecule has 0 radical (unpaired) electrons. The first-order valence-corrected chi connectivity index (χ1v) is 6.58. The first-order chi connectivity index (χ1) is 8.58. The molecule has 0 amide bonds. The molecule has 6 nitrogen and oxygen atoms in total. The molecule has 0 spiro atoms.